The van der Waals surface area contributed by atoms with Gasteiger partial charge in [-0.25, -0.2) is 0 Å². The van der Waals surface area contributed by atoms with E-state index >= 15 is 0 Å². The monoisotopic (exact) mass is 207 g/mol. The van der Waals surface area contributed by atoms with Crippen LogP contribution in [0.1, 0.15) is 22.8 Å². The van der Waals surface area contributed by atoms with Crippen molar-refractivity contribution in [3.05, 3.63) is 35.4 Å². The summed E-state index contributed by atoms with van der Waals surface area (Å²) >= 11 is 0. The maximum absolute atomic E-state index is 11.7. The molecule has 1 unspecified atom stereocenters. The predicted molar refractivity (Wildman–Crippen MR) is 60.1 cm³/mol. The topological polar surface area (TPSA) is 49.3 Å². The second kappa shape index (κ2) is 5.63. The standard InChI is InChI=1S/C12H17NO2/c1-9(14)7-10-5-3-4-6-11(10)12(15)8-13-2/h3-6,9,13-14H,7-8H2,1-2H3. The smallest absolute Gasteiger partial charge is 0.176 e. The van der Waals surface area contributed by atoms with Crippen molar-refractivity contribution in [2.75, 3.05) is 13.6 Å². The first-order chi connectivity index (χ1) is 7.15. The number of hydrogen-bond acceptors (Lipinski definition) is 3. The highest BCUT2D eigenvalue weighted by Gasteiger charge is 2.10. The van der Waals surface area contributed by atoms with Gasteiger partial charge in [-0.2, -0.15) is 0 Å². The van der Waals surface area contributed by atoms with E-state index in [4.69, 9.17) is 0 Å². The first-order valence-corrected chi connectivity index (χ1v) is 5.09. The minimum atomic E-state index is -0.423. The molecule has 0 bridgehead atoms. The number of likely N-dealkylation sites (N-methyl/N-ethyl adjacent to an activating group) is 1. The van der Waals surface area contributed by atoms with E-state index in [1.165, 1.54) is 0 Å². The molecule has 0 amide bonds. The predicted octanol–water partition coefficient (Wildman–Crippen LogP) is 1.01. The average molecular weight is 207 g/mol. The number of aliphatic hydroxyl groups is 1. The molecule has 15 heavy (non-hydrogen) atoms. The van der Waals surface area contributed by atoms with E-state index in [0.717, 1.165) is 5.56 Å². The van der Waals surface area contributed by atoms with Crippen LogP contribution in [0.4, 0.5) is 0 Å². The lowest BCUT2D eigenvalue weighted by Gasteiger charge is -2.09. The maximum Gasteiger partial charge on any atom is 0.176 e. The zero-order valence-corrected chi connectivity index (χ0v) is 9.16. The van der Waals surface area contributed by atoms with Crippen molar-refractivity contribution < 1.29 is 9.90 Å². The van der Waals surface area contributed by atoms with Crippen LogP contribution in [0, 0.1) is 0 Å². The molecule has 1 aromatic rings. The fourth-order valence-corrected chi connectivity index (χ4v) is 1.54. The highest BCUT2D eigenvalue weighted by atomic mass is 16.3. The molecule has 0 saturated carbocycles. The Bertz CT molecular complexity index is 334. The molecule has 0 radical (unpaired) electrons. The zero-order valence-electron chi connectivity index (χ0n) is 9.16. The van der Waals surface area contributed by atoms with Gasteiger partial charge in [0, 0.05) is 5.56 Å². The Hall–Kier alpha value is -1.19. The van der Waals surface area contributed by atoms with Crippen LogP contribution in [-0.4, -0.2) is 30.6 Å². The third-order valence-corrected chi connectivity index (χ3v) is 2.17. The number of carbonyl (C=O) groups excluding carboxylic acids is 1. The molecule has 0 aromatic heterocycles. The Morgan fingerprint density at radius 3 is 2.73 bits per heavy atom. The number of benzene rings is 1. The Balaban J connectivity index is 2.90. The summed E-state index contributed by atoms with van der Waals surface area (Å²) < 4.78 is 0. The van der Waals surface area contributed by atoms with Gasteiger partial charge in [0.1, 0.15) is 0 Å². The van der Waals surface area contributed by atoms with E-state index in [9.17, 15) is 9.90 Å². The molecular formula is C12H17NO2. The Morgan fingerprint density at radius 1 is 1.47 bits per heavy atom. The van der Waals surface area contributed by atoms with Crippen molar-refractivity contribution in [1.82, 2.24) is 5.32 Å². The molecule has 2 N–H and O–H groups in total. The van der Waals surface area contributed by atoms with Gasteiger partial charge in [0.2, 0.25) is 0 Å². The number of hydrogen-bond donors (Lipinski definition) is 2. The van der Waals surface area contributed by atoms with Gasteiger partial charge in [0.25, 0.3) is 0 Å². The highest BCUT2D eigenvalue weighted by Crippen LogP contribution is 2.11. The van der Waals surface area contributed by atoms with Gasteiger partial charge >= 0.3 is 0 Å². The summed E-state index contributed by atoms with van der Waals surface area (Å²) in [5.41, 5.74) is 1.61. The number of aliphatic hydroxyl groups excluding tert-OH is 1. The van der Waals surface area contributed by atoms with Crippen molar-refractivity contribution in [3.63, 3.8) is 0 Å². The summed E-state index contributed by atoms with van der Waals surface area (Å²) in [6.07, 6.45) is 0.0968. The normalized spacial score (nSPS) is 12.5. The third-order valence-electron chi connectivity index (χ3n) is 2.17. The van der Waals surface area contributed by atoms with Crippen LogP contribution in [0.25, 0.3) is 0 Å². The van der Waals surface area contributed by atoms with Gasteiger partial charge in [-0.15, -0.1) is 0 Å². The minimum Gasteiger partial charge on any atom is -0.393 e. The molecule has 3 nitrogen and oxygen atoms in total. The fourth-order valence-electron chi connectivity index (χ4n) is 1.54. The van der Waals surface area contributed by atoms with Gasteiger partial charge in [-0.3, -0.25) is 4.79 Å². The number of ketones is 1. The average Bonchev–Trinajstić information content (AvgIpc) is 2.18. The summed E-state index contributed by atoms with van der Waals surface area (Å²) in [6.45, 7) is 2.05. The molecule has 0 saturated heterocycles. The van der Waals surface area contributed by atoms with Crippen molar-refractivity contribution in [1.29, 1.82) is 0 Å². The van der Waals surface area contributed by atoms with E-state index in [0.29, 0.717) is 18.5 Å². The number of Topliss-reactive ketones (excluding diaryl/α,β-unsaturated/α-hetero) is 1. The van der Waals surface area contributed by atoms with Crippen LogP contribution < -0.4 is 5.32 Å². The lowest BCUT2D eigenvalue weighted by molar-refractivity contribution is 0.0992. The van der Waals surface area contributed by atoms with Crippen LogP contribution in [-0.2, 0) is 6.42 Å². The van der Waals surface area contributed by atoms with Gasteiger partial charge in [-0.05, 0) is 26.0 Å². The van der Waals surface area contributed by atoms with Crippen LogP contribution in [0.3, 0.4) is 0 Å². The second-order valence-electron chi connectivity index (χ2n) is 3.66. The second-order valence-corrected chi connectivity index (χ2v) is 3.66. The molecule has 0 heterocycles. The van der Waals surface area contributed by atoms with Crippen LogP contribution in [0.15, 0.2) is 24.3 Å². The largest absolute Gasteiger partial charge is 0.393 e. The lowest BCUT2D eigenvalue weighted by atomic mass is 9.99. The van der Waals surface area contributed by atoms with E-state index in [-0.39, 0.29) is 5.78 Å². The Kier molecular flexibility index (Phi) is 4.46. The van der Waals surface area contributed by atoms with E-state index in [1.807, 2.05) is 18.2 Å². The summed E-state index contributed by atoms with van der Waals surface area (Å²) in [7, 11) is 1.75. The molecule has 0 aliphatic carbocycles. The molecule has 82 valence electrons. The number of carbonyl (C=O) groups is 1. The van der Waals surface area contributed by atoms with Crippen LogP contribution in [0.5, 0.6) is 0 Å². The molecule has 1 rings (SSSR count). The lowest BCUT2D eigenvalue weighted by Crippen LogP contribution is -2.20. The molecule has 1 aromatic carbocycles. The SMILES string of the molecule is CNCC(=O)c1ccccc1CC(C)O. The van der Waals surface area contributed by atoms with Gasteiger partial charge in [-0.1, -0.05) is 24.3 Å². The molecule has 0 fully saturated rings. The number of nitrogens with one attached hydrogen (secondary N) is 1. The third kappa shape index (κ3) is 3.46. The maximum atomic E-state index is 11.7. The van der Waals surface area contributed by atoms with Crippen molar-refractivity contribution in [2.24, 2.45) is 0 Å². The summed E-state index contributed by atoms with van der Waals surface area (Å²) in [4.78, 5) is 11.7. The quantitative estimate of drug-likeness (QED) is 0.708. The van der Waals surface area contributed by atoms with E-state index < -0.39 is 6.10 Å². The van der Waals surface area contributed by atoms with Crippen molar-refractivity contribution in [2.45, 2.75) is 19.4 Å². The summed E-state index contributed by atoms with van der Waals surface area (Å²) in [5, 5.41) is 12.1. The highest BCUT2D eigenvalue weighted by molar-refractivity contribution is 5.98. The summed E-state index contributed by atoms with van der Waals surface area (Å²) in [5.74, 6) is 0.0637. The first-order valence-electron chi connectivity index (χ1n) is 5.09. The van der Waals surface area contributed by atoms with E-state index in [1.54, 1.807) is 20.0 Å². The van der Waals surface area contributed by atoms with Gasteiger partial charge in [0.05, 0.1) is 12.6 Å². The van der Waals surface area contributed by atoms with Crippen LogP contribution >= 0.6 is 0 Å². The van der Waals surface area contributed by atoms with Crippen molar-refractivity contribution >= 4 is 5.78 Å². The van der Waals surface area contributed by atoms with Crippen LogP contribution in [0.2, 0.25) is 0 Å². The molecule has 0 spiro atoms. The minimum absolute atomic E-state index is 0.0637. The van der Waals surface area contributed by atoms with Crippen molar-refractivity contribution in [3.8, 4) is 0 Å². The summed E-state index contributed by atoms with van der Waals surface area (Å²) in [6, 6.07) is 7.41. The van der Waals surface area contributed by atoms with Gasteiger partial charge < -0.3 is 10.4 Å². The first kappa shape index (κ1) is 11.9. The Labute approximate surface area is 90.1 Å². The van der Waals surface area contributed by atoms with E-state index in [2.05, 4.69) is 5.32 Å². The fraction of sp³-hybridized carbons (Fsp3) is 0.417. The molecule has 1 atom stereocenters. The zero-order chi connectivity index (χ0) is 11.3. The molecule has 3 heteroatoms. The van der Waals surface area contributed by atoms with Gasteiger partial charge in [0.15, 0.2) is 5.78 Å². The Morgan fingerprint density at radius 2 is 2.13 bits per heavy atom. The molecular weight excluding hydrogens is 190 g/mol. The molecule has 0 aliphatic heterocycles. The molecule has 0 aliphatic rings. The number of rotatable bonds is 5.